The Hall–Kier alpha value is -3.48. The van der Waals surface area contributed by atoms with Gasteiger partial charge in [0.2, 0.25) is 5.91 Å². The van der Waals surface area contributed by atoms with Crippen LogP contribution in [0.1, 0.15) is 18.1 Å². The van der Waals surface area contributed by atoms with Gasteiger partial charge in [-0.05, 0) is 30.7 Å². The molecule has 1 unspecified atom stereocenters. The number of anilines is 1. The summed E-state index contributed by atoms with van der Waals surface area (Å²) in [6.07, 6.45) is 1.38. The highest BCUT2D eigenvalue weighted by atomic mass is 35.5. The summed E-state index contributed by atoms with van der Waals surface area (Å²) in [6.45, 7) is 2.71. The van der Waals surface area contributed by atoms with Crippen LogP contribution < -0.4 is 10.5 Å². The smallest absolute Gasteiger partial charge is 0.310 e. The Labute approximate surface area is 228 Å². The first-order chi connectivity index (χ1) is 18.3. The number of nitrogens with two attached hydrogens (primary N) is 1. The zero-order valence-electron chi connectivity index (χ0n) is 21.0. The first kappa shape index (κ1) is 27.6. The average Bonchev–Trinajstić information content (AvgIpc) is 3.23. The molecule has 0 spiro atoms. The molecule has 1 aliphatic heterocycles. The monoisotopic (exact) mass is 561 g/mol. The second-order valence-electron chi connectivity index (χ2n) is 8.56. The molecule has 3 aromatic rings. The summed E-state index contributed by atoms with van der Waals surface area (Å²) in [5, 5.41) is 1.11. The van der Waals surface area contributed by atoms with Crippen LogP contribution in [0.2, 0.25) is 4.34 Å². The van der Waals surface area contributed by atoms with Gasteiger partial charge in [0.15, 0.2) is 11.7 Å². The lowest BCUT2D eigenvalue weighted by molar-refractivity contribution is -0.155. The Morgan fingerprint density at radius 1 is 1.24 bits per heavy atom. The molecule has 2 N–H and O–H groups in total. The minimum atomic E-state index is -0.797. The van der Waals surface area contributed by atoms with Gasteiger partial charge in [-0.15, -0.1) is 0 Å². The molecule has 202 valence electrons. The number of rotatable bonds is 10. The van der Waals surface area contributed by atoms with Crippen LogP contribution in [0.3, 0.4) is 0 Å². The predicted octanol–water partition coefficient (Wildman–Crippen LogP) is 2.30. The maximum absolute atomic E-state index is 13.4. The summed E-state index contributed by atoms with van der Waals surface area (Å²) in [6, 6.07) is 6.41. The minimum absolute atomic E-state index is 0.0164. The molecule has 1 fully saturated rings. The number of nitrogens with zero attached hydrogens (tertiary/aromatic N) is 4. The number of ether oxygens (including phenoxy) is 3. The van der Waals surface area contributed by atoms with Crippen LogP contribution in [0.15, 0.2) is 30.6 Å². The Morgan fingerprint density at radius 2 is 2.05 bits per heavy atom. The molecule has 13 heteroatoms. The quantitative estimate of drug-likeness (QED) is 0.369. The van der Waals surface area contributed by atoms with Crippen LogP contribution in [-0.4, -0.2) is 83.6 Å². The molecule has 38 heavy (non-hydrogen) atoms. The Kier molecular flexibility index (Phi) is 8.97. The summed E-state index contributed by atoms with van der Waals surface area (Å²) < 4.78 is 16.4. The van der Waals surface area contributed by atoms with Gasteiger partial charge < -0.3 is 29.7 Å². The first-order valence-corrected chi connectivity index (χ1v) is 13.1. The largest absolute Gasteiger partial charge is 0.474 e. The lowest BCUT2D eigenvalue weighted by atomic mass is 10.1. The summed E-state index contributed by atoms with van der Waals surface area (Å²) in [5.74, 6) is -0.618. The van der Waals surface area contributed by atoms with Crippen molar-refractivity contribution in [3.63, 3.8) is 0 Å². The zero-order chi connectivity index (χ0) is 27.2. The van der Waals surface area contributed by atoms with Crippen LogP contribution in [0, 0.1) is 0 Å². The van der Waals surface area contributed by atoms with E-state index in [4.69, 9.17) is 31.5 Å². The van der Waals surface area contributed by atoms with Crippen LogP contribution in [0.5, 0.6) is 5.06 Å². The van der Waals surface area contributed by atoms with Gasteiger partial charge in [-0.25, -0.2) is 9.97 Å². The number of methoxy groups -OCH3 is 1. The standard InChI is InChI=1S/C25H28ClN5O6S/c1-3-36-22(33)10-16-9-20(26)38-25(16)37-13-21(32)31-7-6-30(24(34)19(31)12-35-2)11-15-4-5-17-18(8-15)28-14-29-23(17)27/h4-5,8-9,14,19H,3,6-7,10-13H2,1-2H3,(H2,27,28,29). The van der Waals surface area contributed by atoms with E-state index in [0.717, 1.165) is 22.3 Å². The van der Waals surface area contributed by atoms with Crippen LogP contribution in [0.4, 0.5) is 5.82 Å². The number of nitrogen functional groups attached to an aromatic ring is 1. The topological polar surface area (TPSA) is 137 Å². The summed E-state index contributed by atoms with van der Waals surface area (Å²) in [4.78, 5) is 49.8. The van der Waals surface area contributed by atoms with Gasteiger partial charge in [0, 0.05) is 37.7 Å². The molecule has 3 heterocycles. The number of hydrogen-bond acceptors (Lipinski definition) is 10. The van der Waals surface area contributed by atoms with Crippen molar-refractivity contribution >= 4 is 57.4 Å². The van der Waals surface area contributed by atoms with Crippen molar-refractivity contribution in [3.05, 3.63) is 46.1 Å². The molecule has 2 aromatic heterocycles. The third-order valence-corrected chi connectivity index (χ3v) is 7.26. The molecular weight excluding hydrogens is 534 g/mol. The third-order valence-electron chi connectivity index (χ3n) is 6.04. The van der Waals surface area contributed by atoms with Crippen molar-refractivity contribution in [2.24, 2.45) is 0 Å². The van der Waals surface area contributed by atoms with Crippen molar-refractivity contribution in [2.45, 2.75) is 25.9 Å². The Bertz CT molecular complexity index is 1330. The molecule has 1 saturated heterocycles. The number of benzene rings is 1. The summed E-state index contributed by atoms with van der Waals surface area (Å²) in [7, 11) is 1.48. The number of esters is 1. The second kappa shape index (κ2) is 12.4. The van der Waals surface area contributed by atoms with Crippen molar-refractivity contribution in [2.75, 3.05) is 45.8 Å². The highest BCUT2D eigenvalue weighted by Crippen LogP contribution is 2.34. The van der Waals surface area contributed by atoms with E-state index in [9.17, 15) is 14.4 Å². The van der Waals surface area contributed by atoms with Crippen LogP contribution in [-0.2, 0) is 36.8 Å². The van der Waals surface area contributed by atoms with Gasteiger partial charge in [0.1, 0.15) is 18.2 Å². The third kappa shape index (κ3) is 6.32. The maximum atomic E-state index is 13.4. The number of carbonyl (C=O) groups excluding carboxylic acids is 3. The number of thiophene rings is 1. The summed E-state index contributed by atoms with van der Waals surface area (Å²) >= 11 is 7.23. The molecule has 11 nitrogen and oxygen atoms in total. The number of amides is 2. The molecule has 1 aliphatic rings. The average molecular weight is 562 g/mol. The molecule has 0 radical (unpaired) electrons. The van der Waals surface area contributed by atoms with E-state index in [1.807, 2.05) is 18.2 Å². The number of piperazine rings is 1. The molecule has 1 aromatic carbocycles. The SMILES string of the molecule is CCOC(=O)Cc1cc(Cl)sc1OCC(=O)N1CCN(Cc2ccc3c(N)ncnc3c2)C(=O)C1COC. The van der Waals surface area contributed by atoms with Crippen LogP contribution in [0.25, 0.3) is 10.9 Å². The van der Waals surface area contributed by atoms with E-state index in [0.29, 0.717) is 45.9 Å². The highest BCUT2D eigenvalue weighted by molar-refractivity contribution is 7.18. The van der Waals surface area contributed by atoms with E-state index in [-0.39, 0.29) is 38.1 Å². The lowest BCUT2D eigenvalue weighted by Gasteiger charge is -2.40. The van der Waals surface area contributed by atoms with Crippen molar-refractivity contribution in [1.82, 2.24) is 19.8 Å². The van der Waals surface area contributed by atoms with Crippen molar-refractivity contribution in [1.29, 1.82) is 0 Å². The first-order valence-electron chi connectivity index (χ1n) is 11.9. The van der Waals surface area contributed by atoms with E-state index in [1.54, 1.807) is 17.9 Å². The Balaban J connectivity index is 1.41. The van der Waals surface area contributed by atoms with E-state index in [2.05, 4.69) is 9.97 Å². The van der Waals surface area contributed by atoms with Gasteiger partial charge in [-0.1, -0.05) is 29.0 Å². The number of carbonyl (C=O) groups is 3. The van der Waals surface area contributed by atoms with Crippen molar-refractivity contribution < 1.29 is 28.6 Å². The fraction of sp³-hybridized carbons (Fsp3) is 0.400. The summed E-state index contributed by atoms with van der Waals surface area (Å²) in [5.41, 5.74) is 8.03. The predicted molar refractivity (Wildman–Crippen MR) is 142 cm³/mol. The molecular formula is C25H28ClN5O6S. The van der Waals surface area contributed by atoms with Crippen LogP contribution >= 0.6 is 22.9 Å². The zero-order valence-corrected chi connectivity index (χ0v) is 22.6. The number of aromatic nitrogens is 2. The van der Waals surface area contributed by atoms with E-state index >= 15 is 0 Å². The number of fused-ring (bicyclic) bond motifs is 1. The van der Waals surface area contributed by atoms with Gasteiger partial charge in [-0.2, -0.15) is 0 Å². The van der Waals surface area contributed by atoms with Crippen molar-refractivity contribution in [3.8, 4) is 5.06 Å². The van der Waals surface area contributed by atoms with Gasteiger partial charge in [0.25, 0.3) is 5.91 Å². The molecule has 4 rings (SSSR count). The highest BCUT2D eigenvalue weighted by Gasteiger charge is 2.37. The molecule has 0 bridgehead atoms. The Morgan fingerprint density at radius 3 is 2.82 bits per heavy atom. The second-order valence-corrected chi connectivity index (χ2v) is 10.2. The fourth-order valence-electron chi connectivity index (χ4n) is 4.26. The molecule has 0 aliphatic carbocycles. The maximum Gasteiger partial charge on any atom is 0.310 e. The van der Waals surface area contributed by atoms with E-state index in [1.165, 1.54) is 18.3 Å². The van der Waals surface area contributed by atoms with Gasteiger partial charge in [-0.3, -0.25) is 14.4 Å². The molecule has 0 saturated carbocycles. The van der Waals surface area contributed by atoms with Gasteiger partial charge in [0.05, 0.1) is 29.5 Å². The minimum Gasteiger partial charge on any atom is -0.474 e. The lowest BCUT2D eigenvalue weighted by Crippen LogP contribution is -2.60. The number of hydrogen-bond donors (Lipinski definition) is 1. The normalized spacial score (nSPS) is 15.7. The van der Waals surface area contributed by atoms with Gasteiger partial charge >= 0.3 is 5.97 Å². The molecule has 1 atom stereocenters. The van der Waals surface area contributed by atoms with E-state index < -0.39 is 12.0 Å². The fourth-order valence-corrected chi connectivity index (χ4v) is 5.36. The molecule has 2 amide bonds. The number of halogens is 1.